The molecule has 0 aliphatic heterocycles. The van der Waals surface area contributed by atoms with Gasteiger partial charge in [-0.05, 0) is 31.2 Å². The van der Waals surface area contributed by atoms with Gasteiger partial charge < -0.3 is 10.1 Å². The summed E-state index contributed by atoms with van der Waals surface area (Å²) in [6.45, 7) is 1.29. The molecule has 0 saturated heterocycles. The van der Waals surface area contributed by atoms with Crippen LogP contribution >= 0.6 is 15.9 Å². The van der Waals surface area contributed by atoms with Gasteiger partial charge in [-0.1, -0.05) is 15.9 Å². The zero-order chi connectivity index (χ0) is 14.3. The van der Waals surface area contributed by atoms with Crippen LogP contribution in [0.2, 0.25) is 0 Å². The summed E-state index contributed by atoms with van der Waals surface area (Å²) in [5, 5.41) is 2.60. The molecule has 6 heteroatoms. The molecule has 0 atom stereocenters. The number of esters is 1. The molecule has 19 heavy (non-hydrogen) atoms. The monoisotopic (exact) mass is 327 g/mol. The predicted molar refractivity (Wildman–Crippen MR) is 72.7 cm³/mol. The van der Waals surface area contributed by atoms with Crippen molar-refractivity contribution in [2.45, 2.75) is 13.3 Å². The van der Waals surface area contributed by atoms with E-state index < -0.39 is 5.97 Å². The van der Waals surface area contributed by atoms with Crippen LogP contribution in [0, 0.1) is 0 Å². The second kappa shape index (κ2) is 7.68. The van der Waals surface area contributed by atoms with E-state index in [1.165, 1.54) is 6.92 Å². The Kier molecular flexibility index (Phi) is 6.21. The predicted octanol–water partition coefficient (Wildman–Crippen LogP) is 1.70. The number of ether oxygens (including phenoxy) is 1. The third-order valence-electron chi connectivity index (χ3n) is 2.16. The Balaban J connectivity index is 2.29. The molecule has 0 bridgehead atoms. The second-order valence-electron chi connectivity index (χ2n) is 3.88. The molecule has 1 aromatic rings. The van der Waals surface area contributed by atoms with Gasteiger partial charge in [-0.2, -0.15) is 0 Å². The number of hydrogen-bond donors (Lipinski definition) is 1. The number of halogens is 1. The first-order valence-corrected chi connectivity index (χ1v) is 6.47. The molecular weight excluding hydrogens is 314 g/mol. The topological polar surface area (TPSA) is 72.5 Å². The minimum atomic E-state index is -0.508. The zero-order valence-corrected chi connectivity index (χ0v) is 12.0. The number of nitrogens with one attached hydrogen (secondary N) is 1. The van der Waals surface area contributed by atoms with Crippen molar-refractivity contribution in [3.63, 3.8) is 0 Å². The lowest BCUT2D eigenvalue weighted by Crippen LogP contribution is -2.26. The van der Waals surface area contributed by atoms with Gasteiger partial charge in [-0.15, -0.1) is 0 Å². The number of carbonyl (C=O) groups is 3. The molecule has 0 fully saturated rings. The number of carbonyl (C=O) groups excluding carboxylic acids is 3. The highest BCUT2D eigenvalue weighted by Gasteiger charge is 2.07. The summed E-state index contributed by atoms with van der Waals surface area (Å²) >= 11 is 3.27. The minimum Gasteiger partial charge on any atom is -0.458 e. The summed E-state index contributed by atoms with van der Waals surface area (Å²) in [6.07, 6.45) is 0.0373. The Labute approximate surface area is 119 Å². The fraction of sp³-hybridized carbons (Fsp3) is 0.308. The highest BCUT2D eigenvalue weighted by Crippen LogP contribution is 2.10. The van der Waals surface area contributed by atoms with Crippen molar-refractivity contribution in [2.75, 3.05) is 13.2 Å². The van der Waals surface area contributed by atoms with Crippen molar-refractivity contribution in [1.29, 1.82) is 0 Å². The standard InChI is InChI=1S/C13H14BrNO4/c1-9(16)8-19-12(17)6-7-15-13(18)10-2-4-11(14)5-3-10/h2-5H,6-8H2,1H3,(H,15,18). The van der Waals surface area contributed by atoms with Crippen molar-refractivity contribution in [3.05, 3.63) is 34.3 Å². The Hall–Kier alpha value is -1.69. The molecule has 5 nitrogen and oxygen atoms in total. The molecule has 1 amide bonds. The maximum Gasteiger partial charge on any atom is 0.308 e. The minimum absolute atomic E-state index is 0.0373. The van der Waals surface area contributed by atoms with E-state index in [4.69, 9.17) is 0 Å². The summed E-state index contributed by atoms with van der Waals surface area (Å²) in [6, 6.07) is 6.87. The Bertz CT molecular complexity index is 470. The Morgan fingerprint density at radius 2 is 1.84 bits per heavy atom. The average Bonchev–Trinajstić information content (AvgIpc) is 2.37. The van der Waals surface area contributed by atoms with E-state index in [0.717, 1.165) is 4.47 Å². The van der Waals surface area contributed by atoms with E-state index in [2.05, 4.69) is 26.0 Å². The van der Waals surface area contributed by atoms with Crippen molar-refractivity contribution in [3.8, 4) is 0 Å². The molecule has 102 valence electrons. The highest BCUT2D eigenvalue weighted by atomic mass is 79.9. The summed E-state index contributed by atoms with van der Waals surface area (Å²) in [4.78, 5) is 33.4. The van der Waals surface area contributed by atoms with E-state index in [0.29, 0.717) is 5.56 Å². The van der Waals surface area contributed by atoms with E-state index >= 15 is 0 Å². The number of amides is 1. The van der Waals surface area contributed by atoms with E-state index in [9.17, 15) is 14.4 Å². The van der Waals surface area contributed by atoms with Gasteiger partial charge in [0.15, 0.2) is 5.78 Å². The lowest BCUT2D eigenvalue weighted by Gasteiger charge is -2.05. The summed E-state index contributed by atoms with van der Waals surface area (Å²) in [5.41, 5.74) is 0.514. The summed E-state index contributed by atoms with van der Waals surface area (Å²) < 4.78 is 5.55. The summed E-state index contributed by atoms with van der Waals surface area (Å²) in [7, 11) is 0. The van der Waals surface area contributed by atoms with Crippen LogP contribution in [0.1, 0.15) is 23.7 Å². The molecule has 1 aromatic carbocycles. The molecule has 0 unspecified atom stereocenters. The molecular formula is C13H14BrNO4. The Morgan fingerprint density at radius 1 is 1.21 bits per heavy atom. The molecule has 0 aromatic heterocycles. The van der Waals surface area contributed by atoms with Gasteiger partial charge >= 0.3 is 5.97 Å². The van der Waals surface area contributed by atoms with Crippen molar-refractivity contribution in [1.82, 2.24) is 5.32 Å². The lowest BCUT2D eigenvalue weighted by atomic mass is 10.2. The first-order chi connectivity index (χ1) is 8.99. The molecule has 0 saturated carbocycles. The van der Waals surface area contributed by atoms with E-state index in [1.807, 2.05) is 0 Å². The van der Waals surface area contributed by atoms with Crippen molar-refractivity contribution < 1.29 is 19.1 Å². The number of benzene rings is 1. The van der Waals surface area contributed by atoms with Gasteiger partial charge in [-0.25, -0.2) is 0 Å². The maximum atomic E-state index is 11.7. The first kappa shape index (κ1) is 15.4. The maximum absolute atomic E-state index is 11.7. The van der Waals surface area contributed by atoms with Crippen LogP contribution in [0.3, 0.4) is 0 Å². The number of rotatable bonds is 6. The van der Waals surface area contributed by atoms with Crippen molar-refractivity contribution in [2.24, 2.45) is 0 Å². The zero-order valence-electron chi connectivity index (χ0n) is 10.4. The van der Waals surface area contributed by atoms with Gasteiger partial charge in [0, 0.05) is 16.6 Å². The average molecular weight is 328 g/mol. The number of hydrogen-bond acceptors (Lipinski definition) is 4. The summed E-state index contributed by atoms with van der Waals surface area (Å²) in [5.74, 6) is -0.981. The third kappa shape index (κ3) is 6.15. The van der Waals surface area contributed by atoms with Crippen LogP contribution in [0.15, 0.2) is 28.7 Å². The van der Waals surface area contributed by atoms with Gasteiger partial charge in [0.1, 0.15) is 6.61 Å². The van der Waals surface area contributed by atoms with Gasteiger partial charge in [0.05, 0.1) is 6.42 Å². The van der Waals surface area contributed by atoms with E-state index in [-0.39, 0.29) is 31.3 Å². The quantitative estimate of drug-likeness (QED) is 0.807. The molecule has 0 spiro atoms. The lowest BCUT2D eigenvalue weighted by molar-refractivity contribution is -0.147. The highest BCUT2D eigenvalue weighted by molar-refractivity contribution is 9.10. The SMILES string of the molecule is CC(=O)COC(=O)CCNC(=O)c1ccc(Br)cc1. The fourth-order valence-electron chi connectivity index (χ4n) is 1.24. The van der Waals surface area contributed by atoms with Gasteiger partial charge in [0.25, 0.3) is 5.91 Å². The second-order valence-corrected chi connectivity index (χ2v) is 4.79. The van der Waals surface area contributed by atoms with E-state index in [1.54, 1.807) is 24.3 Å². The molecule has 0 heterocycles. The molecule has 1 N–H and O–H groups in total. The van der Waals surface area contributed by atoms with Crippen LogP contribution in [0.25, 0.3) is 0 Å². The van der Waals surface area contributed by atoms with Crippen LogP contribution in [-0.4, -0.2) is 30.8 Å². The normalized spacial score (nSPS) is 9.79. The Morgan fingerprint density at radius 3 is 2.42 bits per heavy atom. The third-order valence-corrected chi connectivity index (χ3v) is 2.69. The fourth-order valence-corrected chi connectivity index (χ4v) is 1.50. The number of ketones is 1. The molecule has 0 radical (unpaired) electrons. The first-order valence-electron chi connectivity index (χ1n) is 5.68. The van der Waals surface area contributed by atoms with Crippen LogP contribution in [0.4, 0.5) is 0 Å². The van der Waals surface area contributed by atoms with Crippen LogP contribution in [0.5, 0.6) is 0 Å². The molecule has 0 aliphatic carbocycles. The van der Waals surface area contributed by atoms with Crippen LogP contribution in [-0.2, 0) is 14.3 Å². The van der Waals surface area contributed by atoms with Crippen molar-refractivity contribution >= 4 is 33.6 Å². The van der Waals surface area contributed by atoms with Crippen LogP contribution < -0.4 is 5.32 Å². The molecule has 0 aliphatic rings. The largest absolute Gasteiger partial charge is 0.458 e. The molecule has 1 rings (SSSR count). The van der Waals surface area contributed by atoms with Gasteiger partial charge in [0.2, 0.25) is 0 Å². The van der Waals surface area contributed by atoms with Gasteiger partial charge in [-0.3, -0.25) is 14.4 Å². The smallest absolute Gasteiger partial charge is 0.308 e. The number of Topliss-reactive ketones (excluding diaryl/α,β-unsaturated/α-hetero) is 1.